The van der Waals surface area contributed by atoms with E-state index in [2.05, 4.69) is 5.32 Å². The van der Waals surface area contributed by atoms with Crippen molar-refractivity contribution in [1.82, 2.24) is 4.90 Å². The van der Waals surface area contributed by atoms with Crippen LogP contribution in [0.4, 0.5) is 11.4 Å². The second kappa shape index (κ2) is 8.57. The number of nitrogens with zero attached hydrogens (tertiary/aromatic N) is 2. The molecule has 0 aromatic heterocycles. The fraction of sp³-hybridized carbons (Fsp3) is 0.129. The first-order valence-electron chi connectivity index (χ1n) is 12.5. The van der Waals surface area contributed by atoms with Crippen LogP contribution in [0.25, 0.3) is 16.8 Å². The Morgan fingerprint density at radius 2 is 1.50 bits per heavy atom. The molecule has 3 aliphatic rings. The minimum absolute atomic E-state index is 0.280. The van der Waals surface area contributed by atoms with Gasteiger partial charge in [-0.3, -0.25) is 14.4 Å². The smallest absolute Gasteiger partial charge is 0.247 e. The van der Waals surface area contributed by atoms with Gasteiger partial charge in [-0.1, -0.05) is 66.2 Å². The number of hydrogen-bond acceptors (Lipinski definition) is 4. The zero-order valence-corrected chi connectivity index (χ0v) is 20.9. The Labute approximate surface area is 224 Å². The Bertz CT molecular complexity index is 1660. The van der Waals surface area contributed by atoms with Crippen molar-refractivity contribution in [3.05, 3.63) is 113 Å². The first-order valence-corrected chi connectivity index (χ1v) is 12.9. The molecule has 4 aromatic rings. The number of hydrogen-bond donors (Lipinski definition) is 1. The fourth-order valence-corrected chi connectivity index (χ4v) is 6.30. The van der Waals surface area contributed by atoms with E-state index in [0.29, 0.717) is 16.4 Å². The van der Waals surface area contributed by atoms with Gasteiger partial charge in [-0.25, -0.2) is 4.90 Å². The van der Waals surface area contributed by atoms with Crippen LogP contribution in [0.1, 0.15) is 17.2 Å². The normalized spacial score (nSPS) is 23.4. The minimum Gasteiger partial charge on any atom is -0.357 e. The molecule has 4 aromatic carbocycles. The predicted molar refractivity (Wildman–Crippen MR) is 147 cm³/mol. The number of carbonyl (C=O) groups is 3. The van der Waals surface area contributed by atoms with Crippen LogP contribution >= 0.6 is 11.6 Å². The van der Waals surface area contributed by atoms with Gasteiger partial charge in [0.15, 0.2) is 0 Å². The van der Waals surface area contributed by atoms with Crippen LogP contribution in [0.5, 0.6) is 0 Å². The van der Waals surface area contributed by atoms with Crippen molar-refractivity contribution in [3.8, 4) is 0 Å². The molecule has 2 fully saturated rings. The van der Waals surface area contributed by atoms with Crippen LogP contribution in [-0.4, -0.2) is 28.7 Å². The summed E-state index contributed by atoms with van der Waals surface area (Å²) in [5, 5.41) is 5.46. The predicted octanol–water partition coefficient (Wildman–Crippen LogP) is 5.65. The van der Waals surface area contributed by atoms with Crippen LogP contribution < -0.4 is 10.2 Å². The Kier molecular flexibility index (Phi) is 5.13. The molecule has 38 heavy (non-hydrogen) atoms. The molecule has 0 unspecified atom stereocenters. The number of halogens is 1. The lowest BCUT2D eigenvalue weighted by Crippen LogP contribution is -2.46. The van der Waals surface area contributed by atoms with E-state index in [1.807, 2.05) is 77.8 Å². The van der Waals surface area contributed by atoms with Crippen molar-refractivity contribution >= 4 is 57.5 Å². The lowest BCUT2D eigenvalue weighted by Gasteiger charge is -2.35. The van der Waals surface area contributed by atoms with Crippen molar-refractivity contribution < 1.29 is 14.4 Å². The third kappa shape index (κ3) is 3.37. The molecule has 0 bridgehead atoms. The first kappa shape index (κ1) is 22.8. The maximum Gasteiger partial charge on any atom is 0.247 e. The molecule has 0 saturated carbocycles. The SMILES string of the molecule is O=C(Nc1ccc(Cl)cc1)[C@@H]1[C@@H]2C(=O)N(c3ccc4ccccc4c3)C(=O)[C@@H]2[C@H]2c3ccccc3C=CN12. The number of benzene rings is 4. The average Bonchev–Trinajstić information content (AvgIpc) is 3.42. The Morgan fingerprint density at radius 3 is 2.32 bits per heavy atom. The van der Waals surface area contributed by atoms with E-state index < -0.39 is 23.9 Å². The summed E-state index contributed by atoms with van der Waals surface area (Å²) in [5.74, 6) is -2.50. The van der Waals surface area contributed by atoms with Gasteiger partial charge in [0.05, 0.1) is 23.6 Å². The molecule has 2 saturated heterocycles. The van der Waals surface area contributed by atoms with Gasteiger partial charge in [0.2, 0.25) is 17.7 Å². The van der Waals surface area contributed by atoms with E-state index >= 15 is 0 Å². The van der Waals surface area contributed by atoms with Crippen LogP contribution in [0.2, 0.25) is 5.02 Å². The van der Waals surface area contributed by atoms with Gasteiger partial charge >= 0.3 is 0 Å². The number of fused-ring (bicyclic) bond motifs is 6. The van der Waals surface area contributed by atoms with Crippen LogP contribution in [0.3, 0.4) is 0 Å². The number of carbonyl (C=O) groups excluding carboxylic acids is 3. The highest BCUT2D eigenvalue weighted by Crippen LogP contribution is 2.53. The molecule has 7 heteroatoms. The second-order valence-corrected chi connectivity index (χ2v) is 10.3. The number of rotatable bonds is 3. The molecule has 3 aliphatic heterocycles. The molecule has 0 radical (unpaired) electrons. The largest absolute Gasteiger partial charge is 0.357 e. The van der Waals surface area contributed by atoms with Crippen molar-refractivity contribution in [2.45, 2.75) is 12.1 Å². The van der Waals surface area contributed by atoms with Crippen molar-refractivity contribution in [2.24, 2.45) is 11.8 Å². The summed E-state index contributed by atoms with van der Waals surface area (Å²) in [6, 6.07) is 26.8. The van der Waals surface area contributed by atoms with Gasteiger partial charge in [-0.2, -0.15) is 0 Å². The van der Waals surface area contributed by atoms with Crippen molar-refractivity contribution in [1.29, 1.82) is 0 Å². The summed E-state index contributed by atoms with van der Waals surface area (Å²) in [6.45, 7) is 0. The third-order valence-electron chi connectivity index (χ3n) is 7.83. The molecular weight excluding hydrogens is 498 g/mol. The maximum absolute atomic E-state index is 14.1. The summed E-state index contributed by atoms with van der Waals surface area (Å²) >= 11 is 6.02. The average molecular weight is 520 g/mol. The maximum atomic E-state index is 14.1. The number of imide groups is 1. The third-order valence-corrected chi connectivity index (χ3v) is 8.09. The Balaban J connectivity index is 1.32. The van der Waals surface area contributed by atoms with Gasteiger partial charge in [0, 0.05) is 16.9 Å². The summed E-state index contributed by atoms with van der Waals surface area (Å²) in [6.07, 6.45) is 3.78. The van der Waals surface area contributed by atoms with Crippen LogP contribution in [-0.2, 0) is 14.4 Å². The number of amides is 3. The van der Waals surface area contributed by atoms with E-state index in [1.54, 1.807) is 30.3 Å². The standard InChI is InChI=1S/C31H22ClN3O3/c32-21-10-12-22(13-11-21)33-29(36)28-26-25(27-24-8-4-3-6-19(24)15-16-34(27)28)30(37)35(31(26)38)23-14-9-18-5-1-2-7-20(18)17-23/h1-17,25-28H,(H,33,36)/t25-,26+,27+,28-/m0/s1. The number of nitrogens with one attached hydrogen (secondary N) is 1. The lowest BCUT2D eigenvalue weighted by molar-refractivity contribution is -0.128. The van der Waals surface area contributed by atoms with E-state index in [0.717, 1.165) is 21.9 Å². The highest BCUT2D eigenvalue weighted by atomic mass is 35.5. The quantitative estimate of drug-likeness (QED) is 0.355. The van der Waals surface area contributed by atoms with E-state index in [-0.39, 0.29) is 17.7 Å². The molecule has 3 heterocycles. The topological polar surface area (TPSA) is 69.7 Å². The molecule has 0 aliphatic carbocycles. The molecule has 7 rings (SSSR count). The zero-order chi connectivity index (χ0) is 26.0. The molecule has 0 spiro atoms. The minimum atomic E-state index is -0.854. The van der Waals surface area contributed by atoms with Gasteiger partial charge < -0.3 is 10.2 Å². The first-order chi connectivity index (χ1) is 18.5. The lowest BCUT2D eigenvalue weighted by atomic mass is 9.84. The fourth-order valence-electron chi connectivity index (χ4n) is 6.18. The van der Waals surface area contributed by atoms with Crippen molar-refractivity contribution in [2.75, 3.05) is 10.2 Å². The Hall–Kier alpha value is -4.42. The summed E-state index contributed by atoms with van der Waals surface area (Å²) in [4.78, 5) is 45.1. The number of anilines is 2. The van der Waals surface area contributed by atoms with E-state index in [4.69, 9.17) is 11.6 Å². The van der Waals surface area contributed by atoms with Crippen molar-refractivity contribution in [3.63, 3.8) is 0 Å². The zero-order valence-electron chi connectivity index (χ0n) is 20.1. The summed E-state index contributed by atoms with van der Waals surface area (Å²) in [5.41, 5.74) is 3.02. The van der Waals surface area contributed by atoms with Gasteiger partial charge in [-0.15, -0.1) is 0 Å². The molecular formula is C31H22ClN3O3. The second-order valence-electron chi connectivity index (χ2n) is 9.87. The highest BCUT2D eigenvalue weighted by molar-refractivity contribution is 6.30. The summed E-state index contributed by atoms with van der Waals surface area (Å²) in [7, 11) is 0. The van der Waals surface area contributed by atoms with Gasteiger partial charge in [-0.05, 0) is 64.4 Å². The molecule has 4 atom stereocenters. The Morgan fingerprint density at radius 1 is 0.789 bits per heavy atom. The van der Waals surface area contributed by atoms with Crippen LogP contribution in [0, 0.1) is 11.8 Å². The van der Waals surface area contributed by atoms with E-state index in [9.17, 15) is 14.4 Å². The molecule has 6 nitrogen and oxygen atoms in total. The molecule has 3 amide bonds. The summed E-state index contributed by atoms with van der Waals surface area (Å²) < 4.78 is 0. The van der Waals surface area contributed by atoms with Gasteiger partial charge in [0.25, 0.3) is 0 Å². The molecule has 1 N–H and O–H groups in total. The van der Waals surface area contributed by atoms with E-state index in [1.165, 1.54) is 4.90 Å². The highest BCUT2D eigenvalue weighted by Gasteiger charge is 2.64. The molecule has 186 valence electrons. The monoisotopic (exact) mass is 519 g/mol. The van der Waals surface area contributed by atoms with Crippen LogP contribution in [0.15, 0.2) is 97.2 Å². The van der Waals surface area contributed by atoms with Gasteiger partial charge in [0.1, 0.15) is 6.04 Å².